The first-order valence-corrected chi connectivity index (χ1v) is 11.9. The van der Waals surface area contributed by atoms with Crippen molar-refractivity contribution in [3.63, 3.8) is 0 Å². The summed E-state index contributed by atoms with van der Waals surface area (Å²) < 4.78 is 5.70. The molecule has 2 heterocycles. The maximum absolute atomic E-state index is 12.4. The number of aromatic amines is 1. The number of hydrogen-bond donors (Lipinski definition) is 2. The molecule has 0 fully saturated rings. The van der Waals surface area contributed by atoms with Gasteiger partial charge in [0.15, 0.2) is 5.69 Å². The second-order valence-electron chi connectivity index (χ2n) is 9.48. The van der Waals surface area contributed by atoms with E-state index in [1.165, 1.54) is 33.9 Å². The first-order chi connectivity index (χ1) is 16.4. The molecule has 6 nitrogen and oxygen atoms in total. The van der Waals surface area contributed by atoms with Crippen LogP contribution in [0.25, 0.3) is 10.9 Å². The summed E-state index contributed by atoms with van der Waals surface area (Å²) in [5.41, 5.74) is 6.60. The lowest BCUT2D eigenvalue weighted by atomic mass is 10.0. The molecule has 0 aliphatic rings. The Morgan fingerprint density at radius 2 is 1.94 bits per heavy atom. The zero-order chi connectivity index (χ0) is 24.1. The molecule has 4 rings (SSSR count). The van der Waals surface area contributed by atoms with Gasteiger partial charge in [0.25, 0.3) is 5.91 Å². The van der Waals surface area contributed by atoms with Crippen molar-refractivity contribution in [3.8, 4) is 0 Å². The van der Waals surface area contributed by atoms with Crippen LogP contribution in [-0.2, 0) is 19.5 Å². The van der Waals surface area contributed by atoms with E-state index >= 15 is 0 Å². The third-order valence-corrected chi connectivity index (χ3v) is 6.08. The van der Waals surface area contributed by atoms with Crippen molar-refractivity contribution in [2.75, 3.05) is 13.1 Å². The van der Waals surface area contributed by atoms with Crippen LogP contribution in [0.5, 0.6) is 0 Å². The highest BCUT2D eigenvalue weighted by molar-refractivity contribution is 5.91. The summed E-state index contributed by atoms with van der Waals surface area (Å²) in [4.78, 5) is 22.5. The number of amides is 1. The number of aryl methyl sites for hydroxylation is 2. The number of aromatic nitrogens is 2. The molecule has 2 aromatic heterocycles. The third-order valence-electron chi connectivity index (χ3n) is 6.08. The molecule has 6 heteroatoms. The molecule has 0 aliphatic heterocycles. The van der Waals surface area contributed by atoms with Crippen LogP contribution in [-0.4, -0.2) is 33.9 Å². The summed E-state index contributed by atoms with van der Waals surface area (Å²) in [6.07, 6.45) is 4.46. The highest BCUT2D eigenvalue weighted by Crippen LogP contribution is 2.20. The number of nitrogens with zero attached hydrogens (tertiary/aromatic N) is 2. The summed E-state index contributed by atoms with van der Waals surface area (Å²) in [6.45, 7) is 11.2. The molecule has 0 aliphatic carbocycles. The Bertz CT molecular complexity index is 1250. The van der Waals surface area contributed by atoms with Gasteiger partial charge in [-0.2, -0.15) is 0 Å². The molecule has 0 saturated carbocycles. The van der Waals surface area contributed by atoms with Gasteiger partial charge in [-0.1, -0.05) is 55.8 Å². The Morgan fingerprint density at radius 1 is 1.12 bits per heavy atom. The number of carbonyl (C=O) groups is 1. The van der Waals surface area contributed by atoms with Crippen molar-refractivity contribution in [1.82, 2.24) is 20.2 Å². The molecule has 4 aromatic rings. The van der Waals surface area contributed by atoms with Crippen molar-refractivity contribution in [3.05, 3.63) is 88.8 Å². The van der Waals surface area contributed by atoms with Gasteiger partial charge in [0.2, 0.25) is 5.89 Å². The minimum Gasteiger partial charge on any atom is -0.447 e. The molecular weight excluding hydrogens is 424 g/mol. The Hall–Kier alpha value is -3.38. The SMILES string of the molecule is Cc1ccc(CN(CCc2c[nH]c3ccccc23)Cc2nc(C(=O)NCC(C)C)co2)c(C)c1. The summed E-state index contributed by atoms with van der Waals surface area (Å²) in [6, 6.07) is 15.0. The lowest BCUT2D eigenvalue weighted by Gasteiger charge is -2.22. The van der Waals surface area contributed by atoms with E-state index in [-0.39, 0.29) is 5.91 Å². The van der Waals surface area contributed by atoms with Crippen molar-refractivity contribution in [1.29, 1.82) is 0 Å². The number of benzene rings is 2. The minimum absolute atomic E-state index is 0.191. The smallest absolute Gasteiger partial charge is 0.273 e. The molecule has 1 amide bonds. The fraction of sp³-hybridized carbons (Fsp3) is 0.357. The molecule has 34 heavy (non-hydrogen) atoms. The normalized spacial score (nSPS) is 11.6. The van der Waals surface area contributed by atoms with Gasteiger partial charge in [0, 0.05) is 36.7 Å². The Kier molecular flexibility index (Phi) is 7.48. The van der Waals surface area contributed by atoms with Crippen molar-refractivity contribution < 1.29 is 9.21 Å². The van der Waals surface area contributed by atoms with Gasteiger partial charge in [-0.3, -0.25) is 9.69 Å². The zero-order valence-electron chi connectivity index (χ0n) is 20.5. The van der Waals surface area contributed by atoms with E-state index < -0.39 is 0 Å². The fourth-order valence-electron chi connectivity index (χ4n) is 4.16. The monoisotopic (exact) mass is 458 g/mol. The molecule has 178 valence electrons. The van der Waals surface area contributed by atoms with Crippen molar-refractivity contribution in [2.45, 2.75) is 47.2 Å². The van der Waals surface area contributed by atoms with Crippen LogP contribution in [0.15, 0.2) is 59.3 Å². The average molecular weight is 459 g/mol. The van der Waals surface area contributed by atoms with Gasteiger partial charge >= 0.3 is 0 Å². The summed E-state index contributed by atoms with van der Waals surface area (Å²) >= 11 is 0. The zero-order valence-corrected chi connectivity index (χ0v) is 20.5. The molecule has 0 bridgehead atoms. The lowest BCUT2D eigenvalue weighted by molar-refractivity contribution is 0.0944. The average Bonchev–Trinajstić information content (AvgIpc) is 3.45. The number of hydrogen-bond acceptors (Lipinski definition) is 4. The second kappa shape index (κ2) is 10.7. The third kappa shape index (κ3) is 5.94. The quantitative estimate of drug-likeness (QED) is 0.334. The number of para-hydroxylation sites is 1. The molecule has 0 radical (unpaired) electrons. The van der Waals surface area contributed by atoms with Crippen LogP contribution < -0.4 is 5.32 Å². The van der Waals surface area contributed by atoms with Gasteiger partial charge in [-0.25, -0.2) is 4.98 Å². The number of nitrogens with one attached hydrogen (secondary N) is 2. The van der Waals surface area contributed by atoms with E-state index in [1.807, 2.05) is 6.07 Å². The molecule has 0 unspecified atom stereocenters. The van der Waals surface area contributed by atoms with Crippen LogP contribution in [0, 0.1) is 19.8 Å². The minimum atomic E-state index is -0.191. The van der Waals surface area contributed by atoms with Gasteiger partial charge in [0.05, 0.1) is 6.54 Å². The van der Waals surface area contributed by atoms with E-state index in [2.05, 4.69) is 90.5 Å². The van der Waals surface area contributed by atoms with E-state index in [0.717, 1.165) is 25.0 Å². The highest BCUT2D eigenvalue weighted by atomic mass is 16.3. The van der Waals surface area contributed by atoms with E-state index in [4.69, 9.17) is 4.42 Å². The maximum atomic E-state index is 12.4. The summed E-state index contributed by atoms with van der Waals surface area (Å²) in [5.74, 6) is 0.745. The number of rotatable bonds is 10. The molecule has 0 saturated heterocycles. The van der Waals surface area contributed by atoms with Crippen LogP contribution in [0.4, 0.5) is 0 Å². The largest absolute Gasteiger partial charge is 0.447 e. The van der Waals surface area contributed by atoms with Crippen LogP contribution in [0.2, 0.25) is 0 Å². The molecule has 0 spiro atoms. The number of H-pyrrole nitrogens is 1. The van der Waals surface area contributed by atoms with Crippen LogP contribution in [0.1, 0.15) is 52.5 Å². The predicted octanol–water partition coefficient (Wildman–Crippen LogP) is 5.40. The second-order valence-corrected chi connectivity index (χ2v) is 9.48. The summed E-state index contributed by atoms with van der Waals surface area (Å²) in [5, 5.41) is 4.16. The number of carbonyl (C=O) groups excluding carboxylic acids is 1. The van der Waals surface area contributed by atoms with Crippen LogP contribution >= 0.6 is 0 Å². The van der Waals surface area contributed by atoms with E-state index in [9.17, 15) is 4.79 Å². The Balaban J connectivity index is 1.49. The molecule has 0 atom stereocenters. The van der Waals surface area contributed by atoms with Crippen molar-refractivity contribution in [2.24, 2.45) is 5.92 Å². The molecule has 2 N–H and O–H groups in total. The van der Waals surface area contributed by atoms with Gasteiger partial charge in [0.1, 0.15) is 6.26 Å². The molecule has 2 aromatic carbocycles. The first-order valence-electron chi connectivity index (χ1n) is 11.9. The Labute approximate surface area is 201 Å². The standard InChI is InChI=1S/C28H34N4O2/c1-19(2)14-30-28(33)26-18-34-27(31-26)17-32(16-23-10-9-20(3)13-21(23)4)12-11-22-15-29-25-8-6-5-7-24(22)25/h5-10,13,15,18-19,29H,11-12,14,16-17H2,1-4H3,(H,30,33). The number of oxazole rings is 1. The van der Waals surface area contributed by atoms with Gasteiger partial charge in [-0.05, 0) is 48.9 Å². The number of fused-ring (bicyclic) bond motifs is 1. The predicted molar refractivity (Wildman–Crippen MR) is 136 cm³/mol. The van der Waals surface area contributed by atoms with Crippen molar-refractivity contribution >= 4 is 16.8 Å². The maximum Gasteiger partial charge on any atom is 0.273 e. The topological polar surface area (TPSA) is 74.2 Å². The summed E-state index contributed by atoms with van der Waals surface area (Å²) in [7, 11) is 0. The van der Waals surface area contributed by atoms with E-state index in [0.29, 0.717) is 30.6 Å². The van der Waals surface area contributed by atoms with Crippen LogP contribution in [0.3, 0.4) is 0 Å². The van der Waals surface area contributed by atoms with Gasteiger partial charge in [-0.15, -0.1) is 0 Å². The first kappa shape index (κ1) is 23.8. The Morgan fingerprint density at radius 3 is 2.74 bits per heavy atom. The van der Waals surface area contributed by atoms with Gasteiger partial charge < -0.3 is 14.7 Å². The van der Waals surface area contributed by atoms with E-state index in [1.54, 1.807) is 0 Å². The lowest BCUT2D eigenvalue weighted by Crippen LogP contribution is -2.28. The fourth-order valence-corrected chi connectivity index (χ4v) is 4.16. The molecular formula is C28H34N4O2. The highest BCUT2D eigenvalue weighted by Gasteiger charge is 2.17.